The maximum absolute atomic E-state index is 14.1. The van der Waals surface area contributed by atoms with Crippen molar-refractivity contribution in [1.82, 2.24) is 0 Å². The Morgan fingerprint density at radius 1 is 1.17 bits per heavy atom. The fourth-order valence-corrected chi connectivity index (χ4v) is 3.68. The zero-order valence-electron chi connectivity index (χ0n) is 12.5. The van der Waals surface area contributed by atoms with Gasteiger partial charge in [0.2, 0.25) is 0 Å². The number of benzene rings is 2. The molecule has 1 aromatic heterocycles. The molecule has 0 amide bonds. The van der Waals surface area contributed by atoms with E-state index in [9.17, 15) is 4.39 Å². The van der Waals surface area contributed by atoms with Crippen molar-refractivity contribution in [2.24, 2.45) is 5.10 Å². The zero-order valence-corrected chi connectivity index (χ0v) is 15.7. The number of nitrogens with zero attached hydrogens (tertiary/aromatic N) is 2. The SMILES string of the molecule is Fc1cccc(Cl)c1CN(/N=C/c1cc(Br)cs1)c1ccccc1. The largest absolute Gasteiger partial charge is 0.261 e. The predicted molar refractivity (Wildman–Crippen MR) is 104 cm³/mol. The molecule has 0 saturated heterocycles. The van der Waals surface area contributed by atoms with Crippen LogP contribution in [0.4, 0.5) is 10.1 Å². The van der Waals surface area contributed by atoms with Gasteiger partial charge in [-0.3, -0.25) is 5.01 Å². The molecule has 2 nitrogen and oxygen atoms in total. The first-order valence-corrected chi connectivity index (χ1v) is 9.22. The number of anilines is 1. The van der Waals surface area contributed by atoms with Gasteiger partial charge in [0.05, 0.1) is 18.4 Å². The van der Waals surface area contributed by atoms with Crippen molar-refractivity contribution in [3.05, 3.63) is 85.7 Å². The van der Waals surface area contributed by atoms with Gasteiger partial charge in [-0.2, -0.15) is 5.10 Å². The maximum Gasteiger partial charge on any atom is 0.129 e. The van der Waals surface area contributed by atoms with E-state index in [0.717, 1.165) is 15.0 Å². The highest BCUT2D eigenvalue weighted by atomic mass is 79.9. The number of para-hydroxylation sites is 1. The summed E-state index contributed by atoms with van der Waals surface area (Å²) in [4.78, 5) is 1.00. The average molecular weight is 424 g/mol. The van der Waals surface area contributed by atoms with E-state index in [1.54, 1.807) is 34.7 Å². The molecule has 0 N–H and O–H groups in total. The van der Waals surface area contributed by atoms with Crippen LogP contribution in [0.25, 0.3) is 0 Å². The van der Waals surface area contributed by atoms with Crippen LogP contribution in [0.5, 0.6) is 0 Å². The van der Waals surface area contributed by atoms with Gasteiger partial charge in [-0.25, -0.2) is 4.39 Å². The Morgan fingerprint density at radius 3 is 2.62 bits per heavy atom. The van der Waals surface area contributed by atoms with Crippen molar-refractivity contribution in [3.63, 3.8) is 0 Å². The van der Waals surface area contributed by atoms with Crippen molar-refractivity contribution < 1.29 is 4.39 Å². The quantitative estimate of drug-likeness (QED) is 0.345. The lowest BCUT2D eigenvalue weighted by atomic mass is 10.2. The topological polar surface area (TPSA) is 15.6 Å². The van der Waals surface area contributed by atoms with Crippen LogP contribution in [-0.2, 0) is 6.54 Å². The molecule has 1 heterocycles. The fraction of sp³-hybridized carbons (Fsp3) is 0.0556. The van der Waals surface area contributed by atoms with Crippen LogP contribution >= 0.6 is 38.9 Å². The molecule has 2 aromatic carbocycles. The third-order valence-electron chi connectivity index (χ3n) is 3.34. The number of thiophene rings is 1. The molecule has 6 heteroatoms. The number of hydrogen-bond acceptors (Lipinski definition) is 3. The molecule has 0 aliphatic carbocycles. The Labute approximate surface area is 157 Å². The van der Waals surface area contributed by atoms with E-state index < -0.39 is 0 Å². The highest BCUT2D eigenvalue weighted by Crippen LogP contribution is 2.25. The van der Waals surface area contributed by atoms with E-state index in [1.807, 2.05) is 41.8 Å². The first-order chi connectivity index (χ1) is 11.6. The third kappa shape index (κ3) is 4.23. The lowest BCUT2D eigenvalue weighted by Crippen LogP contribution is -2.17. The minimum Gasteiger partial charge on any atom is -0.261 e. The number of rotatable bonds is 5. The molecule has 0 aliphatic heterocycles. The smallest absolute Gasteiger partial charge is 0.129 e. The molecule has 24 heavy (non-hydrogen) atoms. The van der Waals surface area contributed by atoms with Crippen LogP contribution in [0, 0.1) is 5.82 Å². The van der Waals surface area contributed by atoms with Gasteiger partial charge in [-0.1, -0.05) is 35.9 Å². The van der Waals surface area contributed by atoms with Crippen LogP contribution < -0.4 is 5.01 Å². The maximum atomic E-state index is 14.1. The summed E-state index contributed by atoms with van der Waals surface area (Å²) in [6.07, 6.45) is 1.76. The summed E-state index contributed by atoms with van der Waals surface area (Å²) >= 11 is 11.2. The van der Waals surface area contributed by atoms with Gasteiger partial charge in [-0.05, 0) is 46.3 Å². The average Bonchev–Trinajstić information content (AvgIpc) is 3.00. The van der Waals surface area contributed by atoms with Gasteiger partial charge >= 0.3 is 0 Å². The second-order valence-electron chi connectivity index (χ2n) is 5.01. The summed E-state index contributed by atoms with van der Waals surface area (Å²) < 4.78 is 15.1. The van der Waals surface area contributed by atoms with Gasteiger partial charge in [-0.15, -0.1) is 11.3 Å². The van der Waals surface area contributed by atoms with E-state index >= 15 is 0 Å². The van der Waals surface area contributed by atoms with Gasteiger partial charge < -0.3 is 0 Å². The van der Waals surface area contributed by atoms with Crippen LogP contribution in [0.15, 0.2) is 69.6 Å². The van der Waals surface area contributed by atoms with Crippen LogP contribution in [0.3, 0.4) is 0 Å². The predicted octanol–water partition coefficient (Wildman–Crippen LogP) is 6.34. The molecule has 0 unspecified atom stereocenters. The zero-order chi connectivity index (χ0) is 16.9. The Bertz CT molecular complexity index is 831. The van der Waals surface area contributed by atoms with E-state index in [2.05, 4.69) is 21.0 Å². The van der Waals surface area contributed by atoms with Crippen molar-refractivity contribution in [2.45, 2.75) is 6.54 Å². The van der Waals surface area contributed by atoms with Gasteiger partial charge in [0.1, 0.15) is 5.82 Å². The van der Waals surface area contributed by atoms with Crippen molar-refractivity contribution in [1.29, 1.82) is 0 Å². The molecule has 0 bridgehead atoms. The lowest BCUT2D eigenvalue weighted by molar-refractivity contribution is 0.606. The van der Waals surface area contributed by atoms with E-state index in [4.69, 9.17) is 11.6 Å². The second-order valence-corrected chi connectivity index (χ2v) is 7.27. The van der Waals surface area contributed by atoms with Crippen LogP contribution in [0.2, 0.25) is 5.02 Å². The summed E-state index contributed by atoms with van der Waals surface area (Å²) in [6.45, 7) is 0.249. The highest BCUT2D eigenvalue weighted by molar-refractivity contribution is 9.10. The fourth-order valence-electron chi connectivity index (χ4n) is 2.15. The molecule has 0 radical (unpaired) electrons. The minimum absolute atomic E-state index is 0.249. The highest BCUT2D eigenvalue weighted by Gasteiger charge is 2.12. The summed E-state index contributed by atoms with van der Waals surface area (Å²) in [5.74, 6) is -0.336. The lowest BCUT2D eigenvalue weighted by Gasteiger charge is -2.20. The molecule has 0 saturated carbocycles. The summed E-state index contributed by atoms with van der Waals surface area (Å²) in [6, 6.07) is 16.3. The monoisotopic (exact) mass is 422 g/mol. The van der Waals surface area contributed by atoms with E-state index in [1.165, 1.54) is 6.07 Å². The van der Waals surface area contributed by atoms with Crippen molar-refractivity contribution in [2.75, 3.05) is 5.01 Å². The molecule has 0 aliphatic rings. The Kier molecular flexibility index (Phi) is 5.66. The summed E-state index contributed by atoms with van der Waals surface area (Å²) in [5, 5.41) is 8.64. The Balaban J connectivity index is 1.92. The molecule has 3 aromatic rings. The minimum atomic E-state index is -0.336. The molecule has 0 spiro atoms. The summed E-state index contributed by atoms with van der Waals surface area (Å²) in [7, 11) is 0. The van der Waals surface area contributed by atoms with Gasteiger partial charge in [0.25, 0.3) is 0 Å². The second kappa shape index (κ2) is 7.92. The molecule has 3 rings (SSSR count). The summed E-state index contributed by atoms with van der Waals surface area (Å²) in [5.41, 5.74) is 1.29. The normalized spacial score (nSPS) is 11.1. The van der Waals surface area contributed by atoms with Gasteiger partial charge in [0, 0.05) is 25.3 Å². The van der Waals surface area contributed by atoms with Crippen LogP contribution in [-0.4, -0.2) is 6.21 Å². The number of hydrazone groups is 1. The van der Waals surface area contributed by atoms with Crippen LogP contribution in [0.1, 0.15) is 10.4 Å². The van der Waals surface area contributed by atoms with Crippen molar-refractivity contribution in [3.8, 4) is 0 Å². The molecule has 0 atom stereocenters. The third-order valence-corrected chi connectivity index (χ3v) is 5.32. The van der Waals surface area contributed by atoms with E-state index in [0.29, 0.717) is 10.6 Å². The Morgan fingerprint density at radius 2 is 1.96 bits per heavy atom. The molecule has 122 valence electrons. The first kappa shape index (κ1) is 17.1. The molecule has 0 fully saturated rings. The standard InChI is InChI=1S/C18H13BrClFN2S/c19-13-9-15(24-12-13)10-22-23(14-5-2-1-3-6-14)11-16-17(20)7-4-8-18(16)21/h1-10,12H,11H2/b22-10+. The first-order valence-electron chi connectivity index (χ1n) is 7.17. The number of hydrogen-bond donors (Lipinski definition) is 0. The molecular weight excluding hydrogens is 411 g/mol. The van der Waals surface area contributed by atoms with Crippen molar-refractivity contribution >= 4 is 50.8 Å². The Hall–Kier alpha value is -1.69. The van der Waals surface area contributed by atoms with Gasteiger partial charge in [0.15, 0.2) is 0 Å². The molecular formula is C18H13BrClFN2S. The van der Waals surface area contributed by atoms with E-state index in [-0.39, 0.29) is 12.4 Å². The number of halogens is 3.